The van der Waals surface area contributed by atoms with Gasteiger partial charge in [-0.15, -0.1) is 0 Å². The fourth-order valence-corrected chi connectivity index (χ4v) is 3.59. The van der Waals surface area contributed by atoms with Crippen LogP contribution in [0.2, 0.25) is 0 Å². The van der Waals surface area contributed by atoms with Gasteiger partial charge in [-0.2, -0.15) is 0 Å². The van der Waals surface area contributed by atoms with Crippen LogP contribution in [0.25, 0.3) is 0 Å². The average molecular weight is 166 g/mol. The first-order chi connectivity index (χ1) is 5.64. The molecule has 0 aromatic rings. The normalized spacial score (nSPS) is 52.5. The summed E-state index contributed by atoms with van der Waals surface area (Å²) in [5.41, 5.74) is 0.749. The minimum absolute atomic E-state index is 0.749. The molecule has 0 spiro atoms. The summed E-state index contributed by atoms with van der Waals surface area (Å²) in [6.45, 7) is 9.64. The van der Waals surface area contributed by atoms with Crippen LogP contribution in [0, 0.1) is 29.1 Å². The Labute approximate surface area is 76.7 Å². The summed E-state index contributed by atoms with van der Waals surface area (Å²) in [4.78, 5) is 0. The van der Waals surface area contributed by atoms with E-state index in [9.17, 15) is 0 Å². The van der Waals surface area contributed by atoms with Gasteiger partial charge < -0.3 is 0 Å². The lowest BCUT2D eigenvalue weighted by atomic mass is 9.68. The number of rotatable bonds is 3. The monoisotopic (exact) mass is 166 g/mol. The van der Waals surface area contributed by atoms with Gasteiger partial charge in [-0.1, -0.05) is 40.5 Å². The Morgan fingerprint density at radius 2 is 2.08 bits per heavy atom. The van der Waals surface area contributed by atoms with Gasteiger partial charge in [0.15, 0.2) is 0 Å². The van der Waals surface area contributed by atoms with Crippen LogP contribution in [0.4, 0.5) is 0 Å². The SMILES string of the molecule is CCC(C)C1C2CC(C)(CC)C21. The Kier molecular flexibility index (Phi) is 1.79. The zero-order valence-electron chi connectivity index (χ0n) is 8.93. The van der Waals surface area contributed by atoms with Crippen molar-refractivity contribution in [2.75, 3.05) is 0 Å². The molecule has 0 N–H and O–H groups in total. The van der Waals surface area contributed by atoms with Crippen LogP contribution in [0.15, 0.2) is 0 Å². The summed E-state index contributed by atoms with van der Waals surface area (Å²) in [5, 5.41) is 0. The van der Waals surface area contributed by atoms with E-state index in [1.165, 1.54) is 19.3 Å². The van der Waals surface area contributed by atoms with Crippen molar-refractivity contribution in [2.45, 2.75) is 47.0 Å². The third-order valence-corrected chi connectivity index (χ3v) is 4.84. The van der Waals surface area contributed by atoms with Gasteiger partial charge in [-0.3, -0.25) is 0 Å². The fourth-order valence-electron chi connectivity index (χ4n) is 3.59. The van der Waals surface area contributed by atoms with Crippen molar-refractivity contribution in [3.8, 4) is 0 Å². The van der Waals surface area contributed by atoms with Gasteiger partial charge in [0.25, 0.3) is 0 Å². The maximum atomic E-state index is 2.50. The van der Waals surface area contributed by atoms with Gasteiger partial charge in [0, 0.05) is 0 Å². The fraction of sp³-hybridized carbons (Fsp3) is 1.00. The van der Waals surface area contributed by atoms with E-state index in [2.05, 4.69) is 27.7 Å². The first-order valence-electron chi connectivity index (χ1n) is 5.64. The second-order valence-electron chi connectivity index (χ2n) is 5.36. The van der Waals surface area contributed by atoms with Crippen LogP contribution >= 0.6 is 0 Å². The largest absolute Gasteiger partial charge is 0.0651 e. The highest BCUT2D eigenvalue weighted by molar-refractivity contribution is 5.16. The van der Waals surface area contributed by atoms with E-state index in [0.717, 1.165) is 29.1 Å². The summed E-state index contributed by atoms with van der Waals surface area (Å²) in [5.74, 6) is 4.37. The molecule has 0 aliphatic heterocycles. The smallest absolute Gasteiger partial charge is 0.0292 e. The molecule has 0 bridgehead atoms. The third kappa shape index (κ3) is 0.900. The first kappa shape index (κ1) is 8.59. The van der Waals surface area contributed by atoms with Crippen LogP contribution in [0.3, 0.4) is 0 Å². The Balaban J connectivity index is 1.95. The van der Waals surface area contributed by atoms with Crippen LogP contribution in [-0.4, -0.2) is 0 Å². The molecule has 2 aliphatic rings. The van der Waals surface area contributed by atoms with Gasteiger partial charge in [0.2, 0.25) is 0 Å². The Morgan fingerprint density at radius 1 is 1.42 bits per heavy atom. The van der Waals surface area contributed by atoms with Crippen molar-refractivity contribution >= 4 is 0 Å². The number of hydrogen-bond donors (Lipinski definition) is 0. The van der Waals surface area contributed by atoms with E-state index in [0.29, 0.717) is 0 Å². The van der Waals surface area contributed by atoms with Gasteiger partial charge in [0.1, 0.15) is 0 Å². The van der Waals surface area contributed by atoms with E-state index in [-0.39, 0.29) is 0 Å². The second kappa shape index (κ2) is 2.49. The topological polar surface area (TPSA) is 0 Å². The van der Waals surface area contributed by atoms with Gasteiger partial charge in [-0.25, -0.2) is 0 Å². The molecular weight excluding hydrogens is 144 g/mol. The number of hydrogen-bond acceptors (Lipinski definition) is 0. The third-order valence-electron chi connectivity index (χ3n) is 4.84. The highest BCUT2D eigenvalue weighted by Crippen LogP contribution is 2.74. The van der Waals surface area contributed by atoms with Crippen molar-refractivity contribution in [3.63, 3.8) is 0 Å². The first-order valence-corrected chi connectivity index (χ1v) is 5.64. The molecule has 70 valence electrons. The molecule has 0 nitrogen and oxygen atoms in total. The van der Waals surface area contributed by atoms with Crippen molar-refractivity contribution in [1.82, 2.24) is 0 Å². The molecule has 2 saturated carbocycles. The van der Waals surface area contributed by atoms with E-state index in [1.807, 2.05) is 0 Å². The summed E-state index contributed by atoms with van der Waals surface area (Å²) >= 11 is 0. The Morgan fingerprint density at radius 3 is 2.50 bits per heavy atom. The molecule has 5 atom stereocenters. The van der Waals surface area contributed by atoms with Gasteiger partial charge >= 0.3 is 0 Å². The molecule has 0 amide bonds. The van der Waals surface area contributed by atoms with Crippen molar-refractivity contribution in [1.29, 1.82) is 0 Å². The molecule has 2 rings (SSSR count). The number of fused-ring (bicyclic) bond motifs is 1. The zero-order chi connectivity index (χ0) is 8.93. The Bertz CT molecular complexity index is 180. The van der Waals surface area contributed by atoms with E-state index < -0.39 is 0 Å². The standard InChI is InChI=1S/C12H22/c1-5-8(3)10-9-7-12(4,6-2)11(9)10/h8-11H,5-7H2,1-4H3. The summed E-state index contributed by atoms with van der Waals surface area (Å²) < 4.78 is 0. The van der Waals surface area contributed by atoms with E-state index in [1.54, 1.807) is 0 Å². The lowest BCUT2D eigenvalue weighted by molar-refractivity contribution is 0.130. The molecule has 0 saturated heterocycles. The molecule has 5 unspecified atom stereocenters. The molecule has 0 heterocycles. The van der Waals surface area contributed by atoms with E-state index in [4.69, 9.17) is 0 Å². The molecule has 0 heteroatoms. The zero-order valence-corrected chi connectivity index (χ0v) is 8.93. The van der Waals surface area contributed by atoms with Crippen LogP contribution in [0.1, 0.15) is 47.0 Å². The summed E-state index contributed by atoms with van der Waals surface area (Å²) in [6.07, 6.45) is 4.32. The molecule has 2 aliphatic carbocycles. The molecule has 12 heavy (non-hydrogen) atoms. The summed E-state index contributed by atoms with van der Waals surface area (Å²) in [7, 11) is 0. The molecule has 0 aromatic carbocycles. The van der Waals surface area contributed by atoms with Crippen LogP contribution in [-0.2, 0) is 0 Å². The van der Waals surface area contributed by atoms with Crippen molar-refractivity contribution in [2.24, 2.45) is 29.1 Å². The molecule has 0 radical (unpaired) electrons. The summed E-state index contributed by atoms with van der Waals surface area (Å²) in [6, 6.07) is 0. The molecule has 2 fully saturated rings. The lowest BCUT2D eigenvalue weighted by Gasteiger charge is -2.36. The van der Waals surface area contributed by atoms with Gasteiger partial charge in [0.05, 0.1) is 0 Å². The maximum Gasteiger partial charge on any atom is -0.0292 e. The van der Waals surface area contributed by atoms with Crippen molar-refractivity contribution in [3.05, 3.63) is 0 Å². The average Bonchev–Trinajstić information content (AvgIpc) is 2.70. The maximum absolute atomic E-state index is 2.50. The minimum Gasteiger partial charge on any atom is -0.0651 e. The minimum atomic E-state index is 0.749. The van der Waals surface area contributed by atoms with Crippen LogP contribution < -0.4 is 0 Å². The highest BCUT2D eigenvalue weighted by atomic mass is 14.7. The van der Waals surface area contributed by atoms with E-state index >= 15 is 0 Å². The highest BCUT2D eigenvalue weighted by Gasteiger charge is 2.68. The predicted molar refractivity (Wildman–Crippen MR) is 52.9 cm³/mol. The second-order valence-corrected chi connectivity index (χ2v) is 5.36. The van der Waals surface area contributed by atoms with Gasteiger partial charge in [-0.05, 0) is 35.5 Å². The van der Waals surface area contributed by atoms with Crippen molar-refractivity contribution < 1.29 is 0 Å². The lowest BCUT2D eigenvalue weighted by Crippen LogP contribution is -2.28. The quantitative estimate of drug-likeness (QED) is 0.599. The molecular formula is C12H22. The molecule has 0 aromatic heterocycles. The Hall–Kier alpha value is 0. The predicted octanol–water partition coefficient (Wildman–Crippen LogP) is 3.71. The van der Waals surface area contributed by atoms with Crippen LogP contribution in [0.5, 0.6) is 0 Å².